The Morgan fingerprint density at radius 2 is 1.87 bits per heavy atom. The lowest BCUT2D eigenvalue weighted by atomic mass is 10.1. The summed E-state index contributed by atoms with van der Waals surface area (Å²) in [5.41, 5.74) is 3.63. The zero-order valence-electron chi connectivity index (χ0n) is 13.7. The first kappa shape index (κ1) is 15.4. The van der Waals surface area contributed by atoms with Gasteiger partial charge in [-0.25, -0.2) is 0 Å². The number of nitrogens with one attached hydrogen (secondary N) is 2. The molecule has 0 radical (unpaired) electrons. The summed E-state index contributed by atoms with van der Waals surface area (Å²) in [6.45, 7) is 2.96. The lowest BCUT2D eigenvalue weighted by Crippen LogP contribution is -2.18. The van der Waals surface area contributed by atoms with E-state index in [1.807, 2.05) is 18.3 Å². The van der Waals surface area contributed by atoms with E-state index in [-0.39, 0.29) is 6.04 Å². The minimum atomic E-state index is 0.212. The average molecular weight is 310 g/mol. The molecule has 1 aromatic heterocycles. The van der Waals surface area contributed by atoms with E-state index in [0.29, 0.717) is 0 Å². The van der Waals surface area contributed by atoms with Gasteiger partial charge in [0.2, 0.25) is 0 Å². The molecule has 0 spiro atoms. The van der Waals surface area contributed by atoms with Crippen LogP contribution in [0.25, 0.3) is 10.9 Å². The van der Waals surface area contributed by atoms with Crippen LogP contribution in [0.5, 0.6) is 11.5 Å². The van der Waals surface area contributed by atoms with E-state index in [1.165, 1.54) is 22.0 Å². The van der Waals surface area contributed by atoms with Gasteiger partial charge in [0.15, 0.2) is 11.5 Å². The highest BCUT2D eigenvalue weighted by Gasteiger charge is 2.10. The second kappa shape index (κ2) is 6.75. The van der Waals surface area contributed by atoms with E-state index in [9.17, 15) is 0 Å². The Labute approximate surface area is 136 Å². The standard InChI is InChI=1S/C19H22N2O2/c1-13(14-7-8-18(22-2)19(11-14)23-3)21-12-15-5-4-6-17-16(15)9-10-20-17/h4-11,13,20-21H,12H2,1-3H3. The van der Waals surface area contributed by atoms with Crippen molar-refractivity contribution in [2.45, 2.75) is 19.5 Å². The molecule has 2 aromatic carbocycles. The van der Waals surface area contributed by atoms with Crippen molar-refractivity contribution in [1.82, 2.24) is 10.3 Å². The number of ether oxygens (including phenoxy) is 2. The maximum absolute atomic E-state index is 5.38. The van der Waals surface area contributed by atoms with Gasteiger partial charge in [0.05, 0.1) is 14.2 Å². The van der Waals surface area contributed by atoms with Crippen LogP contribution in [0, 0.1) is 0 Å². The smallest absolute Gasteiger partial charge is 0.161 e. The van der Waals surface area contributed by atoms with Crippen LogP contribution in [0.1, 0.15) is 24.1 Å². The van der Waals surface area contributed by atoms with Gasteiger partial charge in [0, 0.05) is 29.7 Å². The largest absolute Gasteiger partial charge is 0.493 e. The highest BCUT2D eigenvalue weighted by molar-refractivity contribution is 5.82. The average Bonchev–Trinajstić information content (AvgIpc) is 3.08. The molecule has 0 bridgehead atoms. The van der Waals surface area contributed by atoms with E-state index in [1.54, 1.807) is 14.2 Å². The molecule has 4 heteroatoms. The molecular weight excluding hydrogens is 288 g/mol. The topological polar surface area (TPSA) is 46.3 Å². The molecule has 1 heterocycles. The number of benzene rings is 2. The third-order valence-corrected chi connectivity index (χ3v) is 4.19. The first-order valence-corrected chi connectivity index (χ1v) is 7.73. The third-order valence-electron chi connectivity index (χ3n) is 4.19. The molecule has 1 unspecified atom stereocenters. The Balaban J connectivity index is 1.74. The van der Waals surface area contributed by atoms with Crippen molar-refractivity contribution in [2.75, 3.05) is 14.2 Å². The van der Waals surface area contributed by atoms with Gasteiger partial charge in [-0.3, -0.25) is 0 Å². The van der Waals surface area contributed by atoms with Crippen LogP contribution in [-0.2, 0) is 6.54 Å². The summed E-state index contributed by atoms with van der Waals surface area (Å²) in [7, 11) is 3.31. The molecule has 2 N–H and O–H groups in total. The fraction of sp³-hybridized carbons (Fsp3) is 0.263. The van der Waals surface area contributed by atoms with Gasteiger partial charge in [0.25, 0.3) is 0 Å². The van der Waals surface area contributed by atoms with E-state index in [0.717, 1.165) is 18.0 Å². The minimum absolute atomic E-state index is 0.212. The van der Waals surface area contributed by atoms with E-state index in [4.69, 9.17) is 9.47 Å². The number of H-pyrrole nitrogens is 1. The fourth-order valence-corrected chi connectivity index (χ4v) is 2.81. The SMILES string of the molecule is COc1ccc(C(C)NCc2cccc3[nH]ccc23)cc1OC. The Hall–Kier alpha value is -2.46. The van der Waals surface area contributed by atoms with Crippen molar-refractivity contribution in [1.29, 1.82) is 0 Å². The number of aromatic nitrogens is 1. The summed E-state index contributed by atoms with van der Waals surface area (Å²) in [6.07, 6.45) is 1.98. The van der Waals surface area contributed by atoms with Gasteiger partial charge in [-0.15, -0.1) is 0 Å². The maximum atomic E-state index is 5.38. The Morgan fingerprint density at radius 3 is 2.65 bits per heavy atom. The van der Waals surface area contributed by atoms with E-state index >= 15 is 0 Å². The number of fused-ring (bicyclic) bond motifs is 1. The molecule has 0 saturated carbocycles. The predicted molar refractivity (Wildman–Crippen MR) is 93.1 cm³/mol. The summed E-state index contributed by atoms with van der Waals surface area (Å²) in [4.78, 5) is 3.25. The van der Waals surface area contributed by atoms with Crippen molar-refractivity contribution >= 4 is 10.9 Å². The Bertz CT molecular complexity index is 795. The number of hydrogen-bond donors (Lipinski definition) is 2. The molecule has 120 valence electrons. The zero-order valence-corrected chi connectivity index (χ0v) is 13.7. The van der Waals surface area contributed by atoms with E-state index in [2.05, 4.69) is 47.6 Å². The van der Waals surface area contributed by atoms with Crippen LogP contribution >= 0.6 is 0 Å². The molecule has 0 amide bonds. The molecule has 0 aliphatic rings. The van der Waals surface area contributed by atoms with Gasteiger partial charge in [0.1, 0.15) is 0 Å². The third kappa shape index (κ3) is 3.17. The zero-order chi connectivity index (χ0) is 16.2. The molecule has 23 heavy (non-hydrogen) atoms. The van der Waals surface area contributed by atoms with Crippen LogP contribution in [-0.4, -0.2) is 19.2 Å². The van der Waals surface area contributed by atoms with Crippen LogP contribution in [0.15, 0.2) is 48.7 Å². The lowest BCUT2D eigenvalue weighted by Gasteiger charge is -2.17. The van der Waals surface area contributed by atoms with Crippen molar-refractivity contribution < 1.29 is 9.47 Å². The monoisotopic (exact) mass is 310 g/mol. The number of hydrogen-bond acceptors (Lipinski definition) is 3. The molecule has 3 rings (SSSR count). The molecule has 3 aromatic rings. The van der Waals surface area contributed by atoms with Crippen molar-refractivity contribution in [2.24, 2.45) is 0 Å². The normalized spacial score (nSPS) is 12.3. The maximum Gasteiger partial charge on any atom is 0.161 e. The second-order valence-corrected chi connectivity index (χ2v) is 5.57. The summed E-state index contributed by atoms with van der Waals surface area (Å²) < 4.78 is 10.7. The van der Waals surface area contributed by atoms with Gasteiger partial charge < -0.3 is 19.8 Å². The molecule has 0 aliphatic carbocycles. The van der Waals surface area contributed by atoms with Gasteiger partial charge >= 0.3 is 0 Å². The highest BCUT2D eigenvalue weighted by Crippen LogP contribution is 2.30. The molecule has 0 aliphatic heterocycles. The Kier molecular flexibility index (Phi) is 4.53. The second-order valence-electron chi connectivity index (χ2n) is 5.57. The summed E-state index contributed by atoms with van der Waals surface area (Å²) in [5.74, 6) is 1.51. The van der Waals surface area contributed by atoms with Crippen LogP contribution in [0.2, 0.25) is 0 Å². The molecular formula is C19H22N2O2. The quantitative estimate of drug-likeness (QED) is 0.722. The summed E-state index contributed by atoms with van der Waals surface area (Å²) in [6, 6.07) is 14.7. The predicted octanol–water partition coefficient (Wildman–Crippen LogP) is 4.04. The van der Waals surface area contributed by atoms with Crippen LogP contribution in [0.4, 0.5) is 0 Å². The van der Waals surface area contributed by atoms with Crippen molar-refractivity contribution in [3.05, 3.63) is 59.8 Å². The number of methoxy groups -OCH3 is 2. The van der Waals surface area contributed by atoms with Crippen LogP contribution in [0.3, 0.4) is 0 Å². The van der Waals surface area contributed by atoms with Gasteiger partial charge in [-0.2, -0.15) is 0 Å². The summed E-state index contributed by atoms with van der Waals surface area (Å²) in [5, 5.41) is 4.84. The van der Waals surface area contributed by atoms with Gasteiger partial charge in [-0.1, -0.05) is 18.2 Å². The molecule has 0 saturated heterocycles. The highest BCUT2D eigenvalue weighted by atomic mass is 16.5. The van der Waals surface area contributed by atoms with Gasteiger partial charge in [-0.05, 0) is 42.3 Å². The van der Waals surface area contributed by atoms with Crippen molar-refractivity contribution in [3.8, 4) is 11.5 Å². The number of rotatable bonds is 6. The minimum Gasteiger partial charge on any atom is -0.493 e. The first-order valence-electron chi connectivity index (χ1n) is 7.73. The summed E-state index contributed by atoms with van der Waals surface area (Å²) >= 11 is 0. The number of aromatic amines is 1. The Morgan fingerprint density at radius 1 is 1.04 bits per heavy atom. The molecule has 4 nitrogen and oxygen atoms in total. The molecule has 1 atom stereocenters. The van der Waals surface area contributed by atoms with E-state index < -0.39 is 0 Å². The molecule has 0 fully saturated rings. The van der Waals surface area contributed by atoms with Crippen molar-refractivity contribution in [3.63, 3.8) is 0 Å². The first-order chi connectivity index (χ1) is 11.2. The van der Waals surface area contributed by atoms with Crippen LogP contribution < -0.4 is 14.8 Å². The fourth-order valence-electron chi connectivity index (χ4n) is 2.81. The lowest BCUT2D eigenvalue weighted by molar-refractivity contribution is 0.354.